The highest BCUT2D eigenvalue weighted by atomic mass is 127. The second kappa shape index (κ2) is 6.41. The van der Waals surface area contributed by atoms with Gasteiger partial charge in [0.1, 0.15) is 9.32 Å². The highest BCUT2D eigenvalue weighted by molar-refractivity contribution is 14.1. The normalized spacial score (nSPS) is 10.6. The molecule has 4 nitrogen and oxygen atoms in total. The molecule has 2 aromatic rings. The van der Waals surface area contributed by atoms with Gasteiger partial charge in [-0.3, -0.25) is 4.79 Å². The maximum atomic E-state index is 11.9. The third-order valence-electron chi connectivity index (χ3n) is 3.08. The lowest BCUT2D eigenvalue weighted by atomic mass is 10.1. The van der Waals surface area contributed by atoms with Crippen LogP contribution in [-0.2, 0) is 13.0 Å². The van der Waals surface area contributed by atoms with E-state index in [4.69, 9.17) is 9.84 Å². The van der Waals surface area contributed by atoms with Crippen molar-refractivity contribution in [3.63, 3.8) is 0 Å². The van der Waals surface area contributed by atoms with Crippen LogP contribution in [0.3, 0.4) is 0 Å². The molecule has 2 rings (SSSR count). The molecule has 106 valence electrons. The number of benzene rings is 1. The molecular formula is C15H16INO3. The molecule has 0 bridgehead atoms. The van der Waals surface area contributed by atoms with Crippen molar-refractivity contribution in [3.8, 4) is 11.5 Å². The molecule has 1 heterocycles. The van der Waals surface area contributed by atoms with E-state index in [-0.39, 0.29) is 12.2 Å². The number of hydrogen-bond donors (Lipinski definition) is 2. The number of rotatable bonds is 4. The Bertz CT molecular complexity index is 679. The Hall–Kier alpha value is -1.34. The molecule has 0 atom stereocenters. The first-order chi connectivity index (χ1) is 9.56. The summed E-state index contributed by atoms with van der Waals surface area (Å²) >= 11 is 2.00. The van der Waals surface area contributed by atoms with Crippen LogP contribution in [0.25, 0.3) is 0 Å². The van der Waals surface area contributed by atoms with Crippen molar-refractivity contribution in [3.05, 3.63) is 55.0 Å². The van der Waals surface area contributed by atoms with E-state index in [1.54, 1.807) is 6.07 Å². The molecule has 0 saturated heterocycles. The fourth-order valence-electron chi connectivity index (χ4n) is 2.06. The number of pyridine rings is 1. The van der Waals surface area contributed by atoms with Gasteiger partial charge in [-0.05, 0) is 53.6 Å². The number of aliphatic hydroxyl groups excluding tert-OH is 1. The van der Waals surface area contributed by atoms with Gasteiger partial charge in [0.05, 0.1) is 6.61 Å². The Morgan fingerprint density at radius 3 is 2.80 bits per heavy atom. The summed E-state index contributed by atoms with van der Waals surface area (Å²) in [5, 5.41) is 9.16. The molecular weight excluding hydrogens is 369 g/mol. The van der Waals surface area contributed by atoms with Crippen molar-refractivity contribution < 1.29 is 9.84 Å². The van der Waals surface area contributed by atoms with Crippen LogP contribution < -0.4 is 10.3 Å². The number of aromatic amines is 1. The summed E-state index contributed by atoms with van der Waals surface area (Å²) in [6, 6.07) is 7.22. The molecule has 0 aliphatic rings. The maximum absolute atomic E-state index is 11.9. The van der Waals surface area contributed by atoms with Crippen molar-refractivity contribution >= 4 is 22.6 Å². The molecule has 0 saturated carbocycles. The average Bonchev–Trinajstić information content (AvgIpc) is 2.45. The van der Waals surface area contributed by atoms with Crippen molar-refractivity contribution in [2.75, 3.05) is 0 Å². The van der Waals surface area contributed by atoms with Crippen LogP contribution in [0.2, 0.25) is 0 Å². The van der Waals surface area contributed by atoms with E-state index in [9.17, 15) is 4.79 Å². The second-order valence-electron chi connectivity index (χ2n) is 4.46. The monoisotopic (exact) mass is 385 g/mol. The minimum absolute atomic E-state index is 0.0384. The van der Waals surface area contributed by atoms with E-state index in [0.717, 1.165) is 23.2 Å². The van der Waals surface area contributed by atoms with Crippen LogP contribution in [-0.4, -0.2) is 10.1 Å². The minimum atomic E-state index is -0.145. The standard InChI is InChI=1S/C15H16INO3/c1-3-12-9(2)17-15(19)13(16)14(12)20-11-6-4-5-10(7-11)8-18/h4-7,18H,3,8H2,1-2H3,(H,17,19). The summed E-state index contributed by atoms with van der Waals surface area (Å²) in [4.78, 5) is 14.7. The lowest BCUT2D eigenvalue weighted by Crippen LogP contribution is -2.15. The number of ether oxygens (including phenoxy) is 1. The zero-order valence-corrected chi connectivity index (χ0v) is 13.5. The van der Waals surface area contributed by atoms with E-state index in [0.29, 0.717) is 15.1 Å². The summed E-state index contributed by atoms with van der Waals surface area (Å²) in [7, 11) is 0. The molecule has 1 aromatic carbocycles. The maximum Gasteiger partial charge on any atom is 0.265 e. The molecule has 0 unspecified atom stereocenters. The van der Waals surface area contributed by atoms with Gasteiger partial charge in [-0.15, -0.1) is 0 Å². The van der Waals surface area contributed by atoms with Crippen molar-refractivity contribution in [1.29, 1.82) is 0 Å². The van der Waals surface area contributed by atoms with Gasteiger partial charge in [0.2, 0.25) is 0 Å². The van der Waals surface area contributed by atoms with E-state index < -0.39 is 0 Å². The third kappa shape index (κ3) is 3.04. The lowest BCUT2D eigenvalue weighted by molar-refractivity contribution is 0.281. The van der Waals surface area contributed by atoms with Gasteiger partial charge in [-0.2, -0.15) is 0 Å². The summed E-state index contributed by atoms with van der Waals surface area (Å²) in [6.45, 7) is 3.85. The van der Waals surface area contributed by atoms with Gasteiger partial charge in [0.15, 0.2) is 5.75 Å². The SMILES string of the molecule is CCc1c(C)[nH]c(=O)c(I)c1Oc1cccc(CO)c1. The quantitative estimate of drug-likeness (QED) is 0.796. The number of aryl methyl sites for hydroxylation is 1. The Morgan fingerprint density at radius 2 is 2.15 bits per heavy atom. The van der Waals surface area contributed by atoms with E-state index in [1.165, 1.54) is 0 Å². The fourth-order valence-corrected chi connectivity index (χ4v) is 2.63. The number of H-pyrrole nitrogens is 1. The first-order valence-electron chi connectivity index (χ1n) is 6.35. The molecule has 0 radical (unpaired) electrons. The van der Waals surface area contributed by atoms with Gasteiger partial charge < -0.3 is 14.8 Å². The molecule has 0 aliphatic heterocycles. The second-order valence-corrected chi connectivity index (χ2v) is 5.54. The summed E-state index contributed by atoms with van der Waals surface area (Å²) in [5.74, 6) is 1.22. The fraction of sp³-hybridized carbons (Fsp3) is 0.267. The zero-order valence-electron chi connectivity index (χ0n) is 11.4. The number of aromatic nitrogens is 1. The average molecular weight is 385 g/mol. The van der Waals surface area contributed by atoms with Gasteiger partial charge in [0, 0.05) is 11.3 Å². The van der Waals surface area contributed by atoms with Crippen molar-refractivity contribution in [2.24, 2.45) is 0 Å². The van der Waals surface area contributed by atoms with Gasteiger partial charge in [-0.1, -0.05) is 19.1 Å². The molecule has 0 amide bonds. The number of halogens is 1. The predicted octanol–water partition coefficient (Wildman–Crippen LogP) is 3.13. The summed E-state index contributed by atoms with van der Waals surface area (Å²) < 4.78 is 6.44. The molecule has 5 heteroatoms. The van der Waals surface area contributed by atoms with E-state index in [1.807, 2.05) is 54.6 Å². The van der Waals surface area contributed by atoms with Gasteiger partial charge in [0.25, 0.3) is 5.56 Å². The molecule has 0 aliphatic carbocycles. The molecule has 0 spiro atoms. The lowest BCUT2D eigenvalue weighted by Gasteiger charge is -2.14. The Labute approximate surface area is 130 Å². The summed E-state index contributed by atoms with van der Waals surface area (Å²) in [5.41, 5.74) is 2.44. The van der Waals surface area contributed by atoms with Crippen molar-refractivity contribution in [2.45, 2.75) is 26.9 Å². The Balaban J connectivity index is 2.49. The van der Waals surface area contributed by atoms with Crippen LogP contribution in [0, 0.1) is 10.5 Å². The molecule has 0 fully saturated rings. The first-order valence-corrected chi connectivity index (χ1v) is 7.43. The highest BCUT2D eigenvalue weighted by Gasteiger charge is 2.15. The smallest absolute Gasteiger partial charge is 0.265 e. The summed E-state index contributed by atoms with van der Waals surface area (Å²) in [6.07, 6.45) is 0.771. The van der Waals surface area contributed by atoms with Crippen LogP contribution in [0.5, 0.6) is 11.5 Å². The molecule has 2 N–H and O–H groups in total. The number of nitrogens with one attached hydrogen (secondary N) is 1. The van der Waals surface area contributed by atoms with E-state index >= 15 is 0 Å². The number of aliphatic hydroxyl groups is 1. The molecule has 1 aromatic heterocycles. The first kappa shape index (κ1) is 15.1. The van der Waals surface area contributed by atoms with Crippen LogP contribution in [0.1, 0.15) is 23.7 Å². The van der Waals surface area contributed by atoms with Gasteiger partial charge >= 0.3 is 0 Å². The Kier molecular flexibility index (Phi) is 4.82. The van der Waals surface area contributed by atoms with E-state index in [2.05, 4.69) is 4.98 Å². The number of hydrogen-bond acceptors (Lipinski definition) is 3. The van der Waals surface area contributed by atoms with Crippen LogP contribution >= 0.6 is 22.6 Å². The zero-order chi connectivity index (χ0) is 14.7. The van der Waals surface area contributed by atoms with Gasteiger partial charge in [-0.25, -0.2) is 0 Å². The topological polar surface area (TPSA) is 62.3 Å². The Morgan fingerprint density at radius 1 is 1.40 bits per heavy atom. The van der Waals surface area contributed by atoms with Crippen molar-refractivity contribution in [1.82, 2.24) is 4.98 Å². The van der Waals surface area contributed by atoms with Crippen LogP contribution in [0.15, 0.2) is 29.1 Å². The minimum Gasteiger partial charge on any atom is -0.456 e. The third-order valence-corrected chi connectivity index (χ3v) is 4.06. The molecule has 20 heavy (non-hydrogen) atoms. The highest BCUT2D eigenvalue weighted by Crippen LogP contribution is 2.30. The predicted molar refractivity (Wildman–Crippen MR) is 86.3 cm³/mol. The largest absolute Gasteiger partial charge is 0.456 e. The van der Waals surface area contributed by atoms with Crippen LogP contribution in [0.4, 0.5) is 0 Å².